The summed E-state index contributed by atoms with van der Waals surface area (Å²) in [4.78, 5) is 4.21. The highest BCUT2D eigenvalue weighted by Gasteiger charge is 2.18. The summed E-state index contributed by atoms with van der Waals surface area (Å²) in [6, 6.07) is 4.48. The molecule has 1 N–H and O–H groups in total. The van der Waals surface area contributed by atoms with Crippen LogP contribution in [0.2, 0.25) is 0 Å². The molecule has 0 aromatic carbocycles. The minimum atomic E-state index is 0.424. The third-order valence-corrected chi connectivity index (χ3v) is 2.68. The minimum Gasteiger partial charge on any atom is -0.481 e. The first-order valence-corrected chi connectivity index (χ1v) is 5.14. The van der Waals surface area contributed by atoms with Gasteiger partial charge in [-0.3, -0.25) is 0 Å². The summed E-state index contributed by atoms with van der Waals surface area (Å²) in [5, 5.41) is 3.49. The van der Waals surface area contributed by atoms with E-state index >= 15 is 0 Å². The number of piperidine rings is 1. The van der Waals surface area contributed by atoms with Crippen LogP contribution >= 0.6 is 0 Å². The van der Waals surface area contributed by atoms with Crippen molar-refractivity contribution < 1.29 is 4.74 Å². The first kappa shape index (κ1) is 9.46. The Kier molecular flexibility index (Phi) is 2.99. The van der Waals surface area contributed by atoms with Crippen LogP contribution in [0.4, 0.5) is 0 Å². The average Bonchev–Trinajstić information content (AvgIpc) is 2.30. The van der Waals surface area contributed by atoms with Crippen LogP contribution in [0, 0.1) is 0 Å². The molecule has 0 bridgehead atoms. The lowest BCUT2D eigenvalue weighted by Gasteiger charge is -2.24. The maximum atomic E-state index is 5.25. The molecule has 1 aromatic heterocycles. The van der Waals surface area contributed by atoms with Crippen molar-refractivity contribution >= 4 is 0 Å². The largest absolute Gasteiger partial charge is 0.481 e. The zero-order valence-corrected chi connectivity index (χ0v) is 8.49. The number of aromatic nitrogens is 1. The molecule has 0 unspecified atom stereocenters. The Labute approximate surface area is 84.5 Å². The maximum Gasteiger partial charge on any atom is 0.217 e. The van der Waals surface area contributed by atoms with E-state index in [1.165, 1.54) is 24.8 Å². The normalized spacial score (nSPS) is 21.9. The van der Waals surface area contributed by atoms with E-state index < -0.39 is 0 Å². The van der Waals surface area contributed by atoms with E-state index in [2.05, 4.69) is 16.4 Å². The lowest BCUT2D eigenvalue weighted by molar-refractivity contribution is 0.362. The van der Waals surface area contributed by atoms with E-state index in [0.29, 0.717) is 6.04 Å². The molecule has 76 valence electrons. The fourth-order valence-corrected chi connectivity index (χ4v) is 1.96. The van der Waals surface area contributed by atoms with Crippen LogP contribution in [-0.4, -0.2) is 18.6 Å². The van der Waals surface area contributed by atoms with Gasteiger partial charge in [-0.1, -0.05) is 12.5 Å². The van der Waals surface area contributed by atoms with E-state index in [1.54, 1.807) is 13.3 Å². The molecule has 1 aliphatic rings. The Morgan fingerprint density at radius 2 is 2.43 bits per heavy atom. The second kappa shape index (κ2) is 4.42. The van der Waals surface area contributed by atoms with Crippen molar-refractivity contribution in [2.45, 2.75) is 25.3 Å². The summed E-state index contributed by atoms with van der Waals surface area (Å²) >= 11 is 0. The predicted molar refractivity (Wildman–Crippen MR) is 55.4 cm³/mol. The van der Waals surface area contributed by atoms with Crippen molar-refractivity contribution in [2.24, 2.45) is 0 Å². The molecule has 1 saturated heterocycles. The fraction of sp³-hybridized carbons (Fsp3) is 0.545. The van der Waals surface area contributed by atoms with Gasteiger partial charge in [0.2, 0.25) is 5.88 Å². The molecule has 0 spiro atoms. The maximum absolute atomic E-state index is 5.25. The van der Waals surface area contributed by atoms with Crippen LogP contribution in [0.1, 0.15) is 30.9 Å². The van der Waals surface area contributed by atoms with Crippen molar-refractivity contribution in [3.05, 3.63) is 23.9 Å². The van der Waals surface area contributed by atoms with Gasteiger partial charge in [0.1, 0.15) is 0 Å². The van der Waals surface area contributed by atoms with Crippen molar-refractivity contribution in [2.75, 3.05) is 13.7 Å². The molecule has 0 amide bonds. The van der Waals surface area contributed by atoms with Crippen molar-refractivity contribution in [3.8, 4) is 5.88 Å². The number of nitrogens with zero attached hydrogens (tertiary/aromatic N) is 1. The molecular formula is C11H16N2O. The second-order valence-corrected chi connectivity index (χ2v) is 3.60. The van der Waals surface area contributed by atoms with Gasteiger partial charge in [0.15, 0.2) is 0 Å². The number of methoxy groups -OCH3 is 1. The van der Waals surface area contributed by atoms with Crippen LogP contribution in [0.15, 0.2) is 18.3 Å². The summed E-state index contributed by atoms with van der Waals surface area (Å²) in [6.45, 7) is 1.10. The Bertz CT molecular complexity index is 295. The Morgan fingerprint density at radius 1 is 1.50 bits per heavy atom. The first-order valence-electron chi connectivity index (χ1n) is 5.14. The van der Waals surface area contributed by atoms with Gasteiger partial charge in [-0.15, -0.1) is 0 Å². The van der Waals surface area contributed by atoms with E-state index in [4.69, 9.17) is 4.74 Å². The van der Waals surface area contributed by atoms with Crippen molar-refractivity contribution in [1.82, 2.24) is 10.3 Å². The van der Waals surface area contributed by atoms with E-state index in [-0.39, 0.29) is 0 Å². The number of hydrogen-bond acceptors (Lipinski definition) is 3. The number of pyridine rings is 1. The summed E-state index contributed by atoms with van der Waals surface area (Å²) in [7, 11) is 1.68. The van der Waals surface area contributed by atoms with Crippen LogP contribution in [0.5, 0.6) is 5.88 Å². The first-order chi connectivity index (χ1) is 6.92. The van der Waals surface area contributed by atoms with Gasteiger partial charge >= 0.3 is 0 Å². The van der Waals surface area contributed by atoms with Gasteiger partial charge in [0.05, 0.1) is 7.11 Å². The number of hydrogen-bond donors (Lipinski definition) is 1. The highest BCUT2D eigenvalue weighted by molar-refractivity contribution is 5.29. The monoisotopic (exact) mass is 192 g/mol. The van der Waals surface area contributed by atoms with Crippen LogP contribution in [0.25, 0.3) is 0 Å². The second-order valence-electron chi connectivity index (χ2n) is 3.60. The lowest BCUT2D eigenvalue weighted by Crippen LogP contribution is -2.27. The van der Waals surface area contributed by atoms with Crippen LogP contribution < -0.4 is 10.1 Å². The number of ether oxygens (including phenoxy) is 1. The van der Waals surface area contributed by atoms with Gasteiger partial charge in [-0.05, 0) is 25.5 Å². The van der Waals surface area contributed by atoms with E-state index in [1.807, 2.05) is 6.07 Å². The molecule has 1 aliphatic heterocycles. The molecule has 1 fully saturated rings. The molecule has 1 aromatic rings. The molecule has 3 nitrogen and oxygen atoms in total. The van der Waals surface area contributed by atoms with E-state index in [0.717, 1.165) is 12.4 Å². The van der Waals surface area contributed by atoms with Gasteiger partial charge in [-0.25, -0.2) is 4.98 Å². The highest BCUT2D eigenvalue weighted by Crippen LogP contribution is 2.28. The Hall–Kier alpha value is -1.09. The zero-order valence-electron chi connectivity index (χ0n) is 8.49. The minimum absolute atomic E-state index is 0.424. The topological polar surface area (TPSA) is 34.1 Å². The third kappa shape index (κ3) is 1.87. The fourth-order valence-electron chi connectivity index (χ4n) is 1.96. The van der Waals surface area contributed by atoms with E-state index in [9.17, 15) is 0 Å². The van der Waals surface area contributed by atoms with Crippen LogP contribution in [-0.2, 0) is 0 Å². The molecule has 2 heterocycles. The van der Waals surface area contributed by atoms with Crippen molar-refractivity contribution in [1.29, 1.82) is 0 Å². The third-order valence-electron chi connectivity index (χ3n) is 2.68. The van der Waals surface area contributed by atoms with Gasteiger partial charge in [-0.2, -0.15) is 0 Å². The smallest absolute Gasteiger partial charge is 0.217 e. The summed E-state index contributed by atoms with van der Waals surface area (Å²) in [5.74, 6) is 0.756. The molecule has 0 radical (unpaired) electrons. The van der Waals surface area contributed by atoms with Gasteiger partial charge in [0.25, 0.3) is 0 Å². The van der Waals surface area contributed by atoms with Gasteiger partial charge in [0, 0.05) is 17.8 Å². The quantitative estimate of drug-likeness (QED) is 0.777. The number of rotatable bonds is 2. The molecule has 1 atom stereocenters. The standard InChI is InChI=1S/C11H16N2O/c1-14-11-9(5-4-8-13-11)10-6-2-3-7-12-10/h4-5,8,10,12H,2-3,6-7H2,1H3/t10-/m0/s1. The lowest BCUT2D eigenvalue weighted by atomic mass is 9.98. The molecular weight excluding hydrogens is 176 g/mol. The SMILES string of the molecule is COc1ncccc1[C@@H]1CCCCN1. The molecule has 0 aliphatic carbocycles. The molecule has 14 heavy (non-hydrogen) atoms. The zero-order chi connectivity index (χ0) is 9.80. The van der Waals surface area contributed by atoms with Gasteiger partial charge < -0.3 is 10.1 Å². The Morgan fingerprint density at radius 3 is 3.14 bits per heavy atom. The predicted octanol–water partition coefficient (Wildman–Crippen LogP) is 1.90. The summed E-state index contributed by atoms with van der Waals surface area (Å²) in [5.41, 5.74) is 1.19. The highest BCUT2D eigenvalue weighted by atomic mass is 16.5. The average molecular weight is 192 g/mol. The molecule has 2 rings (SSSR count). The Balaban J connectivity index is 2.20. The van der Waals surface area contributed by atoms with Crippen molar-refractivity contribution in [3.63, 3.8) is 0 Å². The summed E-state index contributed by atoms with van der Waals surface area (Å²) in [6.07, 6.45) is 5.52. The van der Waals surface area contributed by atoms with Crippen LogP contribution in [0.3, 0.4) is 0 Å². The number of nitrogens with one attached hydrogen (secondary N) is 1. The molecule has 0 saturated carbocycles. The molecule has 3 heteroatoms. The summed E-state index contributed by atoms with van der Waals surface area (Å²) < 4.78 is 5.25.